The third-order valence-corrected chi connectivity index (χ3v) is 5.74. The Morgan fingerprint density at radius 3 is 2.55 bits per heavy atom. The number of anilines is 1. The molecule has 2 unspecified atom stereocenters. The lowest BCUT2D eigenvalue weighted by molar-refractivity contribution is -0.132. The number of carboxylic acids is 1. The van der Waals surface area contributed by atoms with Gasteiger partial charge in [-0.25, -0.2) is 9.79 Å². The summed E-state index contributed by atoms with van der Waals surface area (Å²) < 4.78 is 12.0. The number of rotatable bonds is 12. The summed E-state index contributed by atoms with van der Waals surface area (Å²) in [6.07, 6.45) is 7.63. The average molecular weight is 451 g/mol. The topological polar surface area (TPSA) is 71.4 Å². The Morgan fingerprint density at radius 2 is 1.85 bits per heavy atom. The molecule has 2 atom stereocenters. The fourth-order valence-corrected chi connectivity index (χ4v) is 3.49. The van der Waals surface area contributed by atoms with Crippen LogP contribution in [0.4, 0.5) is 5.69 Å². The molecule has 1 heterocycles. The van der Waals surface area contributed by atoms with Crippen LogP contribution in [0.5, 0.6) is 11.5 Å². The number of benzene rings is 2. The van der Waals surface area contributed by atoms with Crippen LogP contribution in [0.2, 0.25) is 0 Å². The molecule has 33 heavy (non-hydrogen) atoms. The summed E-state index contributed by atoms with van der Waals surface area (Å²) >= 11 is 0. The Morgan fingerprint density at radius 1 is 1.09 bits per heavy atom. The normalized spacial score (nSPS) is 16.3. The standard InChI is InChI=1S/C27H34N2O4/c1-4-6-9-16-32-22-14-12-21(13-15-22)25-17-28-23(27(30)31)18-29(25)24-10-7-8-11-26(24)33-19-20(3)5-2/h7-8,10-15,17-18,20,25H,4-6,9,16,19H2,1-3H3,(H,30,31). The molecule has 1 aliphatic heterocycles. The maximum atomic E-state index is 11.6. The van der Waals surface area contributed by atoms with Crippen LogP contribution in [0.3, 0.4) is 0 Å². The van der Waals surface area contributed by atoms with Gasteiger partial charge in [0, 0.05) is 12.4 Å². The van der Waals surface area contributed by atoms with Crippen molar-refractivity contribution >= 4 is 17.9 Å². The molecular formula is C27H34N2O4. The van der Waals surface area contributed by atoms with Gasteiger partial charge >= 0.3 is 5.97 Å². The SMILES string of the molecule is CCCCCOc1ccc(C2C=NC(C(=O)O)=CN2c2ccccc2OCC(C)CC)cc1. The number of carboxylic acid groups (broad SMARTS) is 1. The van der Waals surface area contributed by atoms with Crippen LogP contribution in [0.25, 0.3) is 0 Å². The zero-order valence-electron chi connectivity index (χ0n) is 19.7. The van der Waals surface area contributed by atoms with Gasteiger partial charge in [0.1, 0.15) is 11.5 Å². The molecule has 0 amide bonds. The number of para-hydroxylation sites is 2. The molecule has 0 bridgehead atoms. The van der Waals surface area contributed by atoms with E-state index in [2.05, 4.69) is 25.8 Å². The van der Waals surface area contributed by atoms with Gasteiger partial charge in [-0.2, -0.15) is 0 Å². The zero-order chi connectivity index (χ0) is 23.6. The van der Waals surface area contributed by atoms with Gasteiger partial charge in [-0.05, 0) is 42.2 Å². The first-order chi connectivity index (χ1) is 16.0. The number of aliphatic imine (C=N–C) groups is 1. The number of aliphatic carboxylic acids is 1. The Labute approximate surface area is 196 Å². The highest BCUT2D eigenvalue weighted by Gasteiger charge is 2.26. The number of unbranched alkanes of at least 4 members (excludes halogenated alkanes) is 2. The molecule has 0 radical (unpaired) electrons. The molecule has 0 aromatic heterocycles. The van der Waals surface area contributed by atoms with Crippen molar-refractivity contribution in [3.05, 3.63) is 66.0 Å². The Hall–Kier alpha value is -3.28. The van der Waals surface area contributed by atoms with Crippen LogP contribution in [0, 0.1) is 5.92 Å². The fourth-order valence-electron chi connectivity index (χ4n) is 3.49. The van der Waals surface area contributed by atoms with E-state index >= 15 is 0 Å². The Kier molecular flexibility index (Phi) is 8.93. The van der Waals surface area contributed by atoms with Gasteiger partial charge < -0.3 is 19.5 Å². The predicted molar refractivity (Wildman–Crippen MR) is 132 cm³/mol. The monoisotopic (exact) mass is 450 g/mol. The zero-order valence-corrected chi connectivity index (χ0v) is 19.7. The van der Waals surface area contributed by atoms with E-state index in [0.717, 1.165) is 48.4 Å². The van der Waals surface area contributed by atoms with Crippen molar-refractivity contribution in [1.82, 2.24) is 0 Å². The van der Waals surface area contributed by atoms with Crippen molar-refractivity contribution < 1.29 is 19.4 Å². The first-order valence-corrected chi connectivity index (χ1v) is 11.8. The minimum Gasteiger partial charge on any atom is -0.494 e. The van der Waals surface area contributed by atoms with Crippen molar-refractivity contribution in [1.29, 1.82) is 0 Å². The van der Waals surface area contributed by atoms with Gasteiger partial charge in [-0.3, -0.25) is 0 Å². The fraction of sp³-hybridized carbons (Fsp3) is 0.407. The van der Waals surface area contributed by atoms with Gasteiger partial charge in [0.2, 0.25) is 0 Å². The molecule has 1 N–H and O–H groups in total. The van der Waals surface area contributed by atoms with E-state index < -0.39 is 5.97 Å². The van der Waals surface area contributed by atoms with E-state index in [4.69, 9.17) is 9.47 Å². The van der Waals surface area contributed by atoms with Crippen LogP contribution in [-0.2, 0) is 4.79 Å². The van der Waals surface area contributed by atoms with Crippen molar-refractivity contribution in [2.45, 2.75) is 52.5 Å². The van der Waals surface area contributed by atoms with E-state index in [-0.39, 0.29) is 11.7 Å². The molecule has 176 valence electrons. The summed E-state index contributed by atoms with van der Waals surface area (Å²) in [4.78, 5) is 17.8. The quantitative estimate of drug-likeness (QED) is 0.388. The maximum Gasteiger partial charge on any atom is 0.356 e. The number of nitrogens with zero attached hydrogens (tertiary/aromatic N) is 2. The summed E-state index contributed by atoms with van der Waals surface area (Å²) in [5.41, 5.74) is 1.77. The lowest BCUT2D eigenvalue weighted by atomic mass is 10.0. The molecule has 0 saturated heterocycles. The van der Waals surface area contributed by atoms with Crippen LogP contribution in [0.15, 0.2) is 65.4 Å². The molecular weight excluding hydrogens is 416 g/mol. The first kappa shape index (κ1) is 24.4. The summed E-state index contributed by atoms with van der Waals surface area (Å²) in [6.45, 7) is 7.75. The van der Waals surface area contributed by atoms with E-state index in [0.29, 0.717) is 19.1 Å². The third kappa shape index (κ3) is 6.60. The molecule has 2 aromatic rings. The van der Waals surface area contributed by atoms with Crippen molar-refractivity contribution in [3.8, 4) is 11.5 Å². The summed E-state index contributed by atoms with van der Waals surface area (Å²) in [7, 11) is 0. The van der Waals surface area contributed by atoms with E-state index in [1.807, 2.05) is 53.4 Å². The highest BCUT2D eigenvalue weighted by Crippen LogP contribution is 2.37. The minimum absolute atomic E-state index is 0.0149. The summed E-state index contributed by atoms with van der Waals surface area (Å²) in [5, 5.41) is 9.54. The Balaban J connectivity index is 1.86. The van der Waals surface area contributed by atoms with E-state index in [1.165, 1.54) is 0 Å². The second-order valence-corrected chi connectivity index (χ2v) is 8.37. The molecule has 0 saturated carbocycles. The molecule has 6 nitrogen and oxygen atoms in total. The lowest BCUT2D eigenvalue weighted by Gasteiger charge is -2.32. The smallest absolute Gasteiger partial charge is 0.356 e. The number of carbonyl (C=O) groups is 1. The second-order valence-electron chi connectivity index (χ2n) is 8.37. The molecule has 1 aliphatic rings. The highest BCUT2D eigenvalue weighted by atomic mass is 16.5. The molecule has 6 heteroatoms. The molecule has 2 aromatic carbocycles. The van der Waals surface area contributed by atoms with E-state index in [9.17, 15) is 9.90 Å². The van der Waals surface area contributed by atoms with Gasteiger partial charge in [-0.1, -0.05) is 64.3 Å². The second kappa shape index (κ2) is 12.1. The first-order valence-electron chi connectivity index (χ1n) is 11.8. The van der Waals surface area contributed by atoms with Gasteiger partial charge in [0.15, 0.2) is 5.70 Å². The van der Waals surface area contributed by atoms with Crippen molar-refractivity contribution in [2.24, 2.45) is 10.9 Å². The Bertz CT molecular complexity index is 968. The van der Waals surface area contributed by atoms with Crippen molar-refractivity contribution in [2.75, 3.05) is 18.1 Å². The highest BCUT2D eigenvalue weighted by molar-refractivity contribution is 5.92. The number of hydrogen-bond acceptors (Lipinski definition) is 5. The van der Waals surface area contributed by atoms with Crippen LogP contribution >= 0.6 is 0 Å². The lowest BCUT2D eigenvalue weighted by Crippen LogP contribution is -2.29. The van der Waals surface area contributed by atoms with Gasteiger partial charge in [0.05, 0.1) is 24.9 Å². The average Bonchev–Trinajstić information content (AvgIpc) is 2.85. The number of hydrogen-bond donors (Lipinski definition) is 1. The molecule has 0 fully saturated rings. The summed E-state index contributed by atoms with van der Waals surface area (Å²) in [6, 6.07) is 15.4. The molecule has 3 rings (SSSR count). The largest absolute Gasteiger partial charge is 0.494 e. The van der Waals surface area contributed by atoms with Crippen molar-refractivity contribution in [3.63, 3.8) is 0 Å². The predicted octanol–water partition coefficient (Wildman–Crippen LogP) is 6.24. The van der Waals surface area contributed by atoms with E-state index in [1.54, 1.807) is 12.4 Å². The van der Waals surface area contributed by atoms with Crippen LogP contribution in [0.1, 0.15) is 58.1 Å². The van der Waals surface area contributed by atoms with Gasteiger partial charge in [-0.15, -0.1) is 0 Å². The third-order valence-electron chi connectivity index (χ3n) is 5.74. The molecule has 0 aliphatic carbocycles. The molecule has 0 spiro atoms. The van der Waals surface area contributed by atoms with Crippen LogP contribution < -0.4 is 14.4 Å². The number of ether oxygens (including phenoxy) is 2. The van der Waals surface area contributed by atoms with Gasteiger partial charge in [0.25, 0.3) is 0 Å². The maximum absolute atomic E-state index is 11.6. The summed E-state index contributed by atoms with van der Waals surface area (Å²) in [5.74, 6) is 0.901. The minimum atomic E-state index is -1.07. The van der Waals surface area contributed by atoms with Crippen LogP contribution in [-0.4, -0.2) is 30.5 Å².